The molecule has 194 valence electrons. The number of aryl methyl sites for hydroxylation is 1. The molecular formula is C22H28O13. The van der Waals surface area contributed by atoms with Crippen LogP contribution >= 0.6 is 0 Å². The highest BCUT2D eigenvalue weighted by molar-refractivity contribution is 5.81. The number of hydrogen-bond acceptors (Lipinski definition) is 13. The second kappa shape index (κ2) is 10.4. The SMILES string of the molecule is Cc1cc(=O)oc2cc(O[C@H]3O[C@H](CO)[C@@H](O)[C@H](O[C@H]4O[C@H](CO)[C@@H](O)[C@H](O)[C@H]4O)[C@@H]3O)ccc12. The Balaban J connectivity index is 1.56. The van der Waals surface area contributed by atoms with Gasteiger partial charge in [0.2, 0.25) is 6.29 Å². The molecule has 0 radical (unpaired) electrons. The number of rotatable bonds is 6. The maximum absolute atomic E-state index is 11.7. The zero-order chi connectivity index (χ0) is 25.4. The summed E-state index contributed by atoms with van der Waals surface area (Å²) in [6, 6.07) is 5.92. The Morgan fingerprint density at radius 1 is 0.829 bits per heavy atom. The summed E-state index contributed by atoms with van der Waals surface area (Å²) < 4.78 is 27.2. The number of benzene rings is 1. The molecule has 2 saturated heterocycles. The first-order valence-corrected chi connectivity index (χ1v) is 10.9. The Morgan fingerprint density at radius 3 is 2.17 bits per heavy atom. The van der Waals surface area contributed by atoms with Crippen molar-refractivity contribution in [3.63, 3.8) is 0 Å². The predicted octanol–water partition coefficient (Wildman–Crippen LogP) is -2.90. The molecule has 0 aliphatic carbocycles. The molecule has 7 N–H and O–H groups in total. The summed E-state index contributed by atoms with van der Waals surface area (Å²) in [7, 11) is 0. The zero-order valence-corrected chi connectivity index (χ0v) is 18.6. The topological polar surface area (TPSA) is 209 Å². The van der Waals surface area contributed by atoms with E-state index >= 15 is 0 Å². The van der Waals surface area contributed by atoms with Crippen LogP contribution in [-0.4, -0.2) is 110 Å². The van der Waals surface area contributed by atoms with E-state index in [1.807, 2.05) is 0 Å². The fourth-order valence-corrected chi connectivity index (χ4v) is 4.16. The maximum atomic E-state index is 11.7. The summed E-state index contributed by atoms with van der Waals surface area (Å²) in [5.74, 6) is 0.134. The summed E-state index contributed by atoms with van der Waals surface area (Å²) in [4.78, 5) is 11.7. The molecule has 13 heteroatoms. The summed E-state index contributed by atoms with van der Waals surface area (Å²) >= 11 is 0. The lowest BCUT2D eigenvalue weighted by Crippen LogP contribution is -2.65. The minimum absolute atomic E-state index is 0.134. The van der Waals surface area contributed by atoms with Gasteiger partial charge in [-0.15, -0.1) is 0 Å². The van der Waals surface area contributed by atoms with Crippen molar-refractivity contribution in [3.05, 3.63) is 40.2 Å². The van der Waals surface area contributed by atoms with E-state index < -0.39 is 80.3 Å². The Morgan fingerprint density at radius 2 is 1.49 bits per heavy atom. The summed E-state index contributed by atoms with van der Waals surface area (Å²) in [6.45, 7) is 0.350. The van der Waals surface area contributed by atoms with Crippen LogP contribution in [0.4, 0.5) is 0 Å². The van der Waals surface area contributed by atoms with Gasteiger partial charge in [0.05, 0.1) is 13.2 Å². The number of aliphatic hydroxyl groups excluding tert-OH is 7. The highest BCUT2D eigenvalue weighted by Gasteiger charge is 2.51. The van der Waals surface area contributed by atoms with E-state index in [0.717, 1.165) is 0 Å². The molecule has 1 aromatic carbocycles. The third-order valence-electron chi connectivity index (χ3n) is 6.14. The molecular weight excluding hydrogens is 472 g/mol. The zero-order valence-electron chi connectivity index (χ0n) is 18.6. The van der Waals surface area contributed by atoms with Gasteiger partial charge in [-0.2, -0.15) is 0 Å². The number of fused-ring (bicyclic) bond motifs is 1. The van der Waals surface area contributed by atoms with Gasteiger partial charge in [0.1, 0.15) is 60.2 Å². The van der Waals surface area contributed by atoms with Gasteiger partial charge in [0, 0.05) is 17.5 Å². The van der Waals surface area contributed by atoms with Gasteiger partial charge in [-0.1, -0.05) is 0 Å². The highest BCUT2D eigenvalue weighted by atomic mass is 16.7. The van der Waals surface area contributed by atoms with Crippen LogP contribution in [0.15, 0.2) is 33.5 Å². The second-order valence-corrected chi connectivity index (χ2v) is 8.53. The third kappa shape index (κ3) is 5.06. The van der Waals surface area contributed by atoms with Crippen LogP contribution in [0.2, 0.25) is 0 Å². The number of ether oxygens (including phenoxy) is 4. The van der Waals surface area contributed by atoms with Crippen LogP contribution in [-0.2, 0) is 14.2 Å². The molecule has 0 spiro atoms. The molecule has 3 heterocycles. The summed E-state index contributed by atoms with van der Waals surface area (Å²) in [5, 5.41) is 71.2. The van der Waals surface area contributed by atoms with Crippen molar-refractivity contribution >= 4 is 11.0 Å². The Bertz CT molecular complexity index is 1070. The van der Waals surface area contributed by atoms with Crippen LogP contribution in [0.5, 0.6) is 5.75 Å². The number of aliphatic hydroxyl groups is 7. The van der Waals surface area contributed by atoms with Crippen molar-refractivity contribution in [1.29, 1.82) is 0 Å². The van der Waals surface area contributed by atoms with E-state index in [9.17, 15) is 40.5 Å². The average molecular weight is 500 g/mol. The summed E-state index contributed by atoms with van der Waals surface area (Å²) in [5.41, 5.74) is 0.358. The smallest absolute Gasteiger partial charge is 0.336 e. The Hall–Kier alpha value is -2.17. The fourth-order valence-electron chi connectivity index (χ4n) is 4.16. The highest BCUT2D eigenvalue weighted by Crippen LogP contribution is 2.31. The average Bonchev–Trinajstić information content (AvgIpc) is 2.83. The molecule has 0 unspecified atom stereocenters. The summed E-state index contributed by atoms with van der Waals surface area (Å²) in [6.07, 6.45) is -15.7. The number of hydrogen-bond donors (Lipinski definition) is 7. The van der Waals surface area contributed by atoms with Gasteiger partial charge >= 0.3 is 5.63 Å². The molecule has 13 nitrogen and oxygen atoms in total. The van der Waals surface area contributed by atoms with E-state index in [4.69, 9.17) is 23.4 Å². The Kier molecular flexibility index (Phi) is 7.73. The molecule has 1 aromatic heterocycles. The van der Waals surface area contributed by atoms with Gasteiger partial charge in [-0.3, -0.25) is 0 Å². The van der Waals surface area contributed by atoms with Crippen LogP contribution in [0, 0.1) is 6.92 Å². The van der Waals surface area contributed by atoms with Gasteiger partial charge in [-0.05, 0) is 24.6 Å². The second-order valence-electron chi connectivity index (χ2n) is 8.53. The molecule has 0 saturated carbocycles. The van der Waals surface area contributed by atoms with Crippen molar-refractivity contribution in [2.75, 3.05) is 13.2 Å². The quantitative estimate of drug-likeness (QED) is 0.199. The van der Waals surface area contributed by atoms with Gasteiger partial charge in [-0.25, -0.2) is 4.79 Å². The van der Waals surface area contributed by atoms with E-state index in [0.29, 0.717) is 10.9 Å². The lowest BCUT2D eigenvalue weighted by atomic mass is 9.97. The third-order valence-corrected chi connectivity index (χ3v) is 6.14. The minimum atomic E-state index is -1.78. The molecule has 2 aliphatic rings. The van der Waals surface area contributed by atoms with Crippen molar-refractivity contribution in [2.45, 2.75) is 68.3 Å². The van der Waals surface area contributed by atoms with Crippen LogP contribution in [0.3, 0.4) is 0 Å². The molecule has 0 amide bonds. The maximum Gasteiger partial charge on any atom is 0.336 e. The standard InChI is InChI=1S/C22H28O13/c1-8-4-14(25)32-11-5-9(2-3-10(8)11)31-22-19(30)20(16(27)13(7-24)34-22)35-21-18(29)17(28)15(26)12(6-23)33-21/h2-5,12-13,15-24,26-30H,6-7H2,1H3/t12-,13-,15-,16-,17+,18-,19+,20+,21-,22+/m1/s1. The normalized spacial score (nSPS) is 37.9. The fraction of sp³-hybridized carbons (Fsp3) is 0.591. The molecule has 2 aromatic rings. The molecule has 35 heavy (non-hydrogen) atoms. The molecule has 4 rings (SSSR count). The van der Waals surface area contributed by atoms with E-state index in [1.165, 1.54) is 18.2 Å². The van der Waals surface area contributed by atoms with Crippen molar-refractivity contribution in [3.8, 4) is 5.75 Å². The molecule has 2 aliphatic heterocycles. The van der Waals surface area contributed by atoms with E-state index in [1.54, 1.807) is 13.0 Å². The lowest BCUT2D eigenvalue weighted by Gasteiger charge is -2.45. The van der Waals surface area contributed by atoms with Crippen LogP contribution < -0.4 is 10.4 Å². The van der Waals surface area contributed by atoms with Crippen molar-refractivity contribution in [1.82, 2.24) is 0 Å². The monoisotopic (exact) mass is 500 g/mol. The first-order chi connectivity index (χ1) is 16.6. The van der Waals surface area contributed by atoms with Gasteiger partial charge in [0.25, 0.3) is 0 Å². The van der Waals surface area contributed by atoms with Crippen LogP contribution in [0.1, 0.15) is 5.56 Å². The largest absolute Gasteiger partial charge is 0.462 e. The van der Waals surface area contributed by atoms with E-state index in [2.05, 4.69) is 0 Å². The molecule has 0 bridgehead atoms. The molecule has 2 fully saturated rings. The Labute approximate surface area is 198 Å². The first-order valence-electron chi connectivity index (χ1n) is 10.9. The first kappa shape index (κ1) is 25.9. The lowest BCUT2D eigenvalue weighted by molar-refractivity contribution is -0.352. The molecule has 10 atom stereocenters. The van der Waals surface area contributed by atoms with Crippen molar-refractivity contribution in [2.24, 2.45) is 0 Å². The van der Waals surface area contributed by atoms with Gasteiger partial charge in [0.15, 0.2) is 6.29 Å². The van der Waals surface area contributed by atoms with Crippen molar-refractivity contribution < 1.29 is 59.1 Å². The van der Waals surface area contributed by atoms with Crippen LogP contribution in [0.25, 0.3) is 11.0 Å². The minimum Gasteiger partial charge on any atom is -0.462 e. The predicted molar refractivity (Wildman–Crippen MR) is 114 cm³/mol. The van der Waals surface area contributed by atoms with E-state index in [-0.39, 0.29) is 11.3 Å². The van der Waals surface area contributed by atoms with Gasteiger partial charge < -0.3 is 59.1 Å².